The first-order valence-electron chi connectivity index (χ1n) is 8.22. The fraction of sp³-hybridized carbons (Fsp3) is 0.278. The average Bonchev–Trinajstić information content (AvgIpc) is 2.60. The number of hydrogen-bond donors (Lipinski definition) is 2. The highest BCUT2D eigenvalue weighted by Gasteiger charge is 2.23. The third kappa shape index (κ3) is 3.81. The Bertz CT molecular complexity index is 935. The Morgan fingerprint density at radius 3 is 2.27 bits per heavy atom. The van der Waals surface area contributed by atoms with Gasteiger partial charge in [-0.25, -0.2) is 18.4 Å². The van der Waals surface area contributed by atoms with Crippen molar-refractivity contribution in [3.8, 4) is 0 Å². The van der Waals surface area contributed by atoms with E-state index in [2.05, 4.69) is 17.0 Å². The second-order valence-corrected chi connectivity index (χ2v) is 7.90. The highest BCUT2D eigenvalue weighted by Crippen LogP contribution is 2.26. The van der Waals surface area contributed by atoms with Crippen LogP contribution in [0.2, 0.25) is 0 Å². The lowest BCUT2D eigenvalue weighted by atomic mass is 10.1. The Morgan fingerprint density at radius 2 is 1.69 bits per heavy atom. The van der Waals surface area contributed by atoms with Gasteiger partial charge in [0.05, 0.1) is 16.1 Å². The first-order chi connectivity index (χ1) is 12.3. The van der Waals surface area contributed by atoms with E-state index >= 15 is 0 Å². The lowest BCUT2D eigenvalue weighted by Gasteiger charge is -2.38. The molecule has 7 nitrogen and oxygen atoms in total. The van der Waals surface area contributed by atoms with Gasteiger partial charge in [0.15, 0.2) is 0 Å². The van der Waals surface area contributed by atoms with Crippen molar-refractivity contribution in [1.82, 2.24) is 0 Å². The molecule has 2 aromatic rings. The van der Waals surface area contributed by atoms with E-state index in [0.29, 0.717) is 18.8 Å². The minimum Gasteiger partial charge on any atom is -0.478 e. The zero-order valence-electron chi connectivity index (χ0n) is 14.4. The van der Waals surface area contributed by atoms with Crippen LogP contribution in [0, 0.1) is 6.92 Å². The highest BCUT2D eigenvalue weighted by atomic mass is 32.2. The zero-order chi connectivity index (χ0) is 18.9. The normalized spacial score (nSPS) is 15.2. The van der Waals surface area contributed by atoms with Crippen molar-refractivity contribution in [1.29, 1.82) is 0 Å². The van der Waals surface area contributed by atoms with Crippen LogP contribution in [0.3, 0.4) is 0 Å². The van der Waals surface area contributed by atoms with Crippen LogP contribution >= 0.6 is 0 Å². The molecule has 1 fully saturated rings. The number of anilines is 2. The van der Waals surface area contributed by atoms with Crippen LogP contribution < -0.4 is 14.9 Å². The number of sulfonamides is 1. The molecular weight excluding hydrogens is 354 g/mol. The summed E-state index contributed by atoms with van der Waals surface area (Å²) in [4.78, 5) is 15.6. The molecule has 1 saturated heterocycles. The summed E-state index contributed by atoms with van der Waals surface area (Å²) in [6.07, 6.45) is 0. The number of rotatable bonds is 4. The predicted molar refractivity (Wildman–Crippen MR) is 100 cm³/mol. The summed E-state index contributed by atoms with van der Waals surface area (Å²) < 4.78 is 23.0. The summed E-state index contributed by atoms with van der Waals surface area (Å²) in [5.74, 6) is -1.17. The van der Waals surface area contributed by atoms with Gasteiger partial charge in [0.2, 0.25) is 10.0 Å². The van der Waals surface area contributed by atoms with Gasteiger partial charge in [-0.3, -0.25) is 0 Å². The summed E-state index contributed by atoms with van der Waals surface area (Å²) in [6.45, 7) is 4.83. The lowest BCUT2D eigenvalue weighted by molar-refractivity contribution is 0.0697. The molecule has 138 valence electrons. The van der Waals surface area contributed by atoms with Crippen LogP contribution in [0.15, 0.2) is 47.4 Å². The number of nitrogens with two attached hydrogens (primary N) is 1. The maximum absolute atomic E-state index is 11.6. The van der Waals surface area contributed by atoms with E-state index in [1.165, 1.54) is 17.7 Å². The molecule has 0 unspecified atom stereocenters. The van der Waals surface area contributed by atoms with E-state index in [9.17, 15) is 18.3 Å². The van der Waals surface area contributed by atoms with Crippen molar-refractivity contribution in [2.24, 2.45) is 5.14 Å². The van der Waals surface area contributed by atoms with Crippen LogP contribution in [0.5, 0.6) is 0 Å². The number of nitrogens with zero attached hydrogens (tertiary/aromatic N) is 2. The van der Waals surface area contributed by atoms with E-state index in [0.717, 1.165) is 24.8 Å². The first-order valence-corrected chi connectivity index (χ1v) is 9.77. The second-order valence-electron chi connectivity index (χ2n) is 6.34. The first kappa shape index (κ1) is 18.2. The monoisotopic (exact) mass is 375 g/mol. The Hall–Kier alpha value is -2.58. The molecule has 2 aromatic carbocycles. The highest BCUT2D eigenvalue weighted by molar-refractivity contribution is 7.89. The van der Waals surface area contributed by atoms with E-state index in [-0.39, 0.29) is 10.5 Å². The number of benzene rings is 2. The van der Waals surface area contributed by atoms with Gasteiger partial charge in [0, 0.05) is 31.9 Å². The molecule has 1 aliphatic rings. The van der Waals surface area contributed by atoms with Gasteiger partial charge in [0.1, 0.15) is 0 Å². The van der Waals surface area contributed by atoms with E-state index in [1.807, 2.05) is 24.0 Å². The fourth-order valence-electron chi connectivity index (χ4n) is 3.17. The van der Waals surface area contributed by atoms with E-state index < -0.39 is 16.0 Å². The second kappa shape index (κ2) is 6.97. The van der Waals surface area contributed by atoms with Crippen molar-refractivity contribution < 1.29 is 18.3 Å². The molecule has 3 rings (SSSR count). The standard InChI is InChI=1S/C18H21N3O4S/c1-13-3-2-4-14(11-13)20-7-9-21(10-8-20)17-6-5-15(26(19,24)25)12-16(17)18(22)23/h2-6,11-12H,7-10H2,1H3,(H,22,23)(H2,19,24,25). The van der Waals surface area contributed by atoms with Crippen molar-refractivity contribution in [3.05, 3.63) is 53.6 Å². The van der Waals surface area contributed by atoms with Crippen LogP contribution in [0.25, 0.3) is 0 Å². The van der Waals surface area contributed by atoms with Crippen LogP contribution in [0.1, 0.15) is 15.9 Å². The molecule has 0 radical (unpaired) electrons. The number of carboxylic acid groups (broad SMARTS) is 1. The van der Waals surface area contributed by atoms with E-state index in [1.54, 1.807) is 0 Å². The Balaban J connectivity index is 1.82. The third-order valence-electron chi connectivity index (χ3n) is 4.51. The molecule has 8 heteroatoms. The molecule has 0 atom stereocenters. The molecular formula is C18H21N3O4S. The van der Waals surface area contributed by atoms with Crippen molar-refractivity contribution >= 4 is 27.4 Å². The molecule has 0 bridgehead atoms. The summed E-state index contributed by atoms with van der Waals surface area (Å²) in [7, 11) is -3.95. The van der Waals surface area contributed by atoms with Gasteiger partial charge in [-0.05, 0) is 42.8 Å². The molecule has 0 aromatic heterocycles. The summed E-state index contributed by atoms with van der Waals surface area (Å²) in [5, 5.41) is 14.6. The molecule has 3 N–H and O–H groups in total. The van der Waals surface area contributed by atoms with Crippen molar-refractivity contribution in [3.63, 3.8) is 0 Å². The SMILES string of the molecule is Cc1cccc(N2CCN(c3ccc(S(N)(=O)=O)cc3C(=O)O)CC2)c1. The van der Waals surface area contributed by atoms with Gasteiger partial charge in [-0.15, -0.1) is 0 Å². The number of carboxylic acids is 1. The number of carbonyl (C=O) groups is 1. The largest absolute Gasteiger partial charge is 0.478 e. The molecule has 1 aliphatic heterocycles. The quantitative estimate of drug-likeness (QED) is 0.842. The van der Waals surface area contributed by atoms with Gasteiger partial charge in [-0.2, -0.15) is 0 Å². The summed E-state index contributed by atoms with van der Waals surface area (Å²) in [6, 6.07) is 12.2. The molecule has 1 heterocycles. The minimum absolute atomic E-state index is 0.0551. The number of aromatic carboxylic acids is 1. The molecule has 0 amide bonds. The number of piperazine rings is 1. The average molecular weight is 375 g/mol. The predicted octanol–water partition coefficient (Wildman–Crippen LogP) is 1.67. The fourth-order valence-corrected chi connectivity index (χ4v) is 3.71. The minimum atomic E-state index is -3.95. The van der Waals surface area contributed by atoms with Crippen molar-refractivity contribution in [2.75, 3.05) is 36.0 Å². The van der Waals surface area contributed by atoms with Crippen LogP contribution in [-0.4, -0.2) is 45.7 Å². The molecule has 26 heavy (non-hydrogen) atoms. The third-order valence-corrected chi connectivity index (χ3v) is 5.43. The van der Waals surface area contributed by atoms with E-state index in [4.69, 9.17) is 5.14 Å². The molecule has 0 spiro atoms. The maximum Gasteiger partial charge on any atom is 0.337 e. The lowest BCUT2D eigenvalue weighted by Crippen LogP contribution is -2.47. The van der Waals surface area contributed by atoms with Crippen molar-refractivity contribution in [2.45, 2.75) is 11.8 Å². The molecule has 0 aliphatic carbocycles. The topological polar surface area (TPSA) is 104 Å². The van der Waals surface area contributed by atoms with Gasteiger partial charge in [0.25, 0.3) is 0 Å². The zero-order valence-corrected chi connectivity index (χ0v) is 15.2. The van der Waals surface area contributed by atoms with Gasteiger partial charge in [-0.1, -0.05) is 12.1 Å². The maximum atomic E-state index is 11.6. The van der Waals surface area contributed by atoms with Crippen LogP contribution in [0.4, 0.5) is 11.4 Å². The summed E-state index contributed by atoms with van der Waals surface area (Å²) in [5.41, 5.74) is 2.79. The van der Waals surface area contributed by atoms with Gasteiger partial charge < -0.3 is 14.9 Å². The Morgan fingerprint density at radius 1 is 1.04 bits per heavy atom. The number of hydrogen-bond acceptors (Lipinski definition) is 5. The van der Waals surface area contributed by atoms with Gasteiger partial charge >= 0.3 is 5.97 Å². The summed E-state index contributed by atoms with van der Waals surface area (Å²) >= 11 is 0. The molecule has 0 saturated carbocycles. The number of aryl methyl sites for hydroxylation is 1. The Labute approximate surface area is 152 Å². The Kier molecular flexibility index (Phi) is 4.88. The van der Waals surface area contributed by atoms with Crippen LogP contribution in [-0.2, 0) is 10.0 Å². The number of primary sulfonamides is 1. The smallest absolute Gasteiger partial charge is 0.337 e.